The third kappa shape index (κ3) is 2.22. The number of aliphatic hydroxyl groups is 1. The topological polar surface area (TPSA) is 127 Å². The highest BCUT2D eigenvalue weighted by molar-refractivity contribution is 6.06. The van der Waals surface area contributed by atoms with E-state index in [-0.39, 0.29) is 33.9 Å². The molecule has 0 saturated carbocycles. The van der Waals surface area contributed by atoms with E-state index in [0.29, 0.717) is 0 Å². The Morgan fingerprint density at radius 2 is 1.70 bits per heavy atom. The maximum atomic E-state index is 12.4. The first-order valence-electron chi connectivity index (χ1n) is 6.77. The van der Waals surface area contributed by atoms with Gasteiger partial charge in [0.05, 0.1) is 0 Å². The van der Waals surface area contributed by atoms with Crippen molar-refractivity contribution in [2.75, 3.05) is 0 Å². The lowest BCUT2D eigenvalue weighted by atomic mass is 9.91. The highest BCUT2D eigenvalue weighted by Gasteiger charge is 2.40. The van der Waals surface area contributed by atoms with Crippen LogP contribution in [0, 0.1) is 6.92 Å². The van der Waals surface area contributed by atoms with E-state index in [0.717, 1.165) is 6.07 Å². The fourth-order valence-corrected chi connectivity index (χ4v) is 2.52. The van der Waals surface area contributed by atoms with Crippen LogP contribution < -0.4 is 4.74 Å². The smallest absolute Gasteiger partial charge is 0.202 e. The first-order valence-corrected chi connectivity index (χ1v) is 6.77. The van der Waals surface area contributed by atoms with Crippen LogP contribution in [0.2, 0.25) is 0 Å². The van der Waals surface area contributed by atoms with E-state index in [4.69, 9.17) is 4.74 Å². The predicted octanol–water partition coefficient (Wildman–Crippen LogP) is 1.49. The third-order valence-corrected chi connectivity index (χ3v) is 3.87. The van der Waals surface area contributed by atoms with Gasteiger partial charge in [0.25, 0.3) is 0 Å². The Labute approximate surface area is 130 Å². The number of aromatic hydroxyl groups is 4. The molecule has 7 heteroatoms. The minimum atomic E-state index is -1.61. The first-order chi connectivity index (χ1) is 10.8. The van der Waals surface area contributed by atoms with Gasteiger partial charge >= 0.3 is 0 Å². The summed E-state index contributed by atoms with van der Waals surface area (Å²) in [4.78, 5) is 12.4. The molecule has 5 N–H and O–H groups in total. The molecule has 1 aliphatic rings. The standard InChI is InChI=1S/C16H14O7/c1-6-9(18)5-11-12(13(6)20)14(21)15(22)16(23-11)7-2-3-8(17)10(19)4-7/h2-5,15-20,22H,1H3/t15-,16+/m0/s1. The maximum absolute atomic E-state index is 12.4. The number of rotatable bonds is 1. The zero-order valence-corrected chi connectivity index (χ0v) is 12.0. The van der Waals surface area contributed by atoms with Gasteiger partial charge in [-0.3, -0.25) is 4.79 Å². The number of Topliss-reactive ketones (excluding diaryl/α,β-unsaturated/α-hetero) is 1. The van der Waals surface area contributed by atoms with Crippen molar-refractivity contribution in [2.45, 2.75) is 19.1 Å². The largest absolute Gasteiger partial charge is 0.507 e. The van der Waals surface area contributed by atoms with Gasteiger partial charge in [-0.25, -0.2) is 0 Å². The highest BCUT2D eigenvalue weighted by atomic mass is 16.5. The van der Waals surface area contributed by atoms with Crippen LogP contribution in [-0.2, 0) is 0 Å². The number of phenolic OH excluding ortho intramolecular Hbond substituents is 4. The molecule has 120 valence electrons. The molecule has 0 aliphatic carbocycles. The molecule has 2 aromatic rings. The molecule has 1 heterocycles. The van der Waals surface area contributed by atoms with Crippen LogP contribution in [0.1, 0.15) is 27.6 Å². The molecule has 0 fully saturated rings. The van der Waals surface area contributed by atoms with Crippen molar-refractivity contribution in [1.29, 1.82) is 0 Å². The number of aliphatic hydroxyl groups excluding tert-OH is 1. The van der Waals surface area contributed by atoms with Crippen molar-refractivity contribution in [2.24, 2.45) is 0 Å². The zero-order valence-electron chi connectivity index (χ0n) is 12.0. The van der Waals surface area contributed by atoms with Crippen LogP contribution in [0.15, 0.2) is 24.3 Å². The average molecular weight is 318 g/mol. The molecule has 0 radical (unpaired) electrons. The second-order valence-electron chi connectivity index (χ2n) is 5.34. The van der Waals surface area contributed by atoms with E-state index in [9.17, 15) is 30.3 Å². The molecule has 0 bridgehead atoms. The summed E-state index contributed by atoms with van der Waals surface area (Å²) in [5.41, 5.74) is 0.159. The van der Waals surface area contributed by atoms with Crippen LogP contribution >= 0.6 is 0 Å². The highest BCUT2D eigenvalue weighted by Crippen LogP contribution is 2.44. The van der Waals surface area contributed by atoms with E-state index >= 15 is 0 Å². The van der Waals surface area contributed by atoms with Gasteiger partial charge in [0.2, 0.25) is 5.78 Å². The molecular weight excluding hydrogens is 304 g/mol. The van der Waals surface area contributed by atoms with E-state index in [1.165, 1.54) is 25.1 Å². The van der Waals surface area contributed by atoms with Gasteiger partial charge < -0.3 is 30.3 Å². The molecule has 23 heavy (non-hydrogen) atoms. The number of carbonyl (C=O) groups excluding carboxylic acids is 1. The zero-order chi connectivity index (χ0) is 16.9. The summed E-state index contributed by atoms with van der Waals surface area (Å²) in [5.74, 6) is -2.31. The molecule has 0 aromatic heterocycles. The Morgan fingerprint density at radius 3 is 2.35 bits per heavy atom. The molecule has 2 aromatic carbocycles. The molecular formula is C16H14O7. The lowest BCUT2D eigenvalue weighted by molar-refractivity contribution is 0.0209. The maximum Gasteiger partial charge on any atom is 0.202 e. The lowest BCUT2D eigenvalue weighted by Gasteiger charge is -2.30. The summed E-state index contributed by atoms with van der Waals surface area (Å²) >= 11 is 0. The quantitative estimate of drug-likeness (QED) is 0.504. The Kier molecular flexibility index (Phi) is 3.30. The van der Waals surface area contributed by atoms with Crippen molar-refractivity contribution < 1.29 is 35.1 Å². The second kappa shape index (κ2) is 5.06. The number of ketones is 1. The molecule has 1 aliphatic heterocycles. The summed E-state index contributed by atoms with van der Waals surface area (Å²) in [6.45, 7) is 1.43. The van der Waals surface area contributed by atoms with Crippen molar-refractivity contribution in [3.05, 3.63) is 41.0 Å². The number of phenols is 4. The number of fused-ring (bicyclic) bond motifs is 1. The van der Waals surface area contributed by atoms with Crippen molar-refractivity contribution in [3.8, 4) is 28.7 Å². The minimum absolute atomic E-state index is 0.0709. The van der Waals surface area contributed by atoms with Crippen molar-refractivity contribution >= 4 is 5.78 Å². The number of benzene rings is 2. The lowest BCUT2D eigenvalue weighted by Crippen LogP contribution is -2.36. The van der Waals surface area contributed by atoms with E-state index in [1.807, 2.05) is 0 Å². The summed E-state index contributed by atoms with van der Waals surface area (Å²) in [6, 6.07) is 4.93. The third-order valence-electron chi connectivity index (χ3n) is 3.87. The Balaban J connectivity index is 2.11. The Hall–Kier alpha value is -2.93. The van der Waals surface area contributed by atoms with Gasteiger partial charge in [0.1, 0.15) is 22.8 Å². The van der Waals surface area contributed by atoms with Gasteiger partial charge in [-0.2, -0.15) is 0 Å². The number of hydrogen-bond donors (Lipinski definition) is 5. The van der Waals surface area contributed by atoms with Crippen LogP contribution in [0.5, 0.6) is 28.7 Å². The predicted molar refractivity (Wildman–Crippen MR) is 78.0 cm³/mol. The SMILES string of the molecule is Cc1c(O)cc2c(c1O)C(=O)[C@H](O)[C@@H](c1ccc(O)c(O)c1)O2. The summed E-state index contributed by atoms with van der Waals surface area (Å²) in [6.07, 6.45) is -2.76. The van der Waals surface area contributed by atoms with Crippen molar-refractivity contribution in [3.63, 3.8) is 0 Å². The molecule has 3 rings (SSSR count). The normalized spacial score (nSPS) is 20.0. The molecule has 0 spiro atoms. The van der Waals surface area contributed by atoms with Gasteiger partial charge in [0.15, 0.2) is 23.7 Å². The summed E-state index contributed by atoms with van der Waals surface area (Å²) in [7, 11) is 0. The number of hydrogen-bond acceptors (Lipinski definition) is 7. The Morgan fingerprint density at radius 1 is 1.00 bits per heavy atom. The fraction of sp³-hybridized carbons (Fsp3) is 0.188. The van der Waals surface area contributed by atoms with Crippen LogP contribution in [-0.4, -0.2) is 37.4 Å². The summed E-state index contributed by atoms with van der Waals surface area (Å²) in [5, 5.41) is 48.8. The molecule has 2 atom stereocenters. The van der Waals surface area contributed by atoms with Crippen molar-refractivity contribution in [1.82, 2.24) is 0 Å². The number of ether oxygens (including phenoxy) is 1. The molecule has 0 unspecified atom stereocenters. The van der Waals surface area contributed by atoms with E-state index in [1.54, 1.807) is 0 Å². The minimum Gasteiger partial charge on any atom is -0.507 e. The molecule has 7 nitrogen and oxygen atoms in total. The number of carbonyl (C=O) groups is 1. The van der Waals surface area contributed by atoms with Crippen LogP contribution in [0.3, 0.4) is 0 Å². The van der Waals surface area contributed by atoms with Crippen LogP contribution in [0.25, 0.3) is 0 Å². The second-order valence-corrected chi connectivity index (χ2v) is 5.34. The van der Waals surface area contributed by atoms with E-state index in [2.05, 4.69) is 0 Å². The first kappa shape index (κ1) is 15.0. The average Bonchev–Trinajstić information content (AvgIpc) is 2.51. The monoisotopic (exact) mass is 318 g/mol. The van der Waals surface area contributed by atoms with Gasteiger partial charge in [-0.15, -0.1) is 0 Å². The van der Waals surface area contributed by atoms with Gasteiger partial charge in [-0.1, -0.05) is 6.07 Å². The fourth-order valence-electron chi connectivity index (χ4n) is 2.52. The molecule has 0 saturated heterocycles. The Bertz CT molecular complexity index is 813. The van der Waals surface area contributed by atoms with E-state index < -0.39 is 29.5 Å². The summed E-state index contributed by atoms with van der Waals surface area (Å²) < 4.78 is 5.53. The van der Waals surface area contributed by atoms with Crippen LogP contribution in [0.4, 0.5) is 0 Å². The van der Waals surface area contributed by atoms with Gasteiger partial charge in [-0.05, 0) is 24.6 Å². The van der Waals surface area contributed by atoms with Gasteiger partial charge in [0, 0.05) is 11.6 Å². The molecule has 0 amide bonds.